The van der Waals surface area contributed by atoms with Gasteiger partial charge in [0.2, 0.25) is 0 Å². The van der Waals surface area contributed by atoms with Crippen molar-refractivity contribution < 1.29 is 4.79 Å². The number of benzene rings is 1. The molecule has 1 aromatic carbocycles. The minimum absolute atomic E-state index is 0.00424. The SMILES string of the molecule is CC1(CN)CCN(C(=O)c2n[nH]c3ccc(I)cc23)C1. The Hall–Kier alpha value is -1.15. The molecule has 1 unspecified atom stereocenters. The average Bonchev–Trinajstić information content (AvgIpc) is 3.02. The van der Waals surface area contributed by atoms with Gasteiger partial charge in [0.1, 0.15) is 0 Å². The fourth-order valence-electron chi connectivity index (χ4n) is 2.66. The molecule has 106 valence electrons. The fourth-order valence-corrected chi connectivity index (χ4v) is 3.15. The predicted octanol–water partition coefficient (Wildman–Crippen LogP) is 1.98. The van der Waals surface area contributed by atoms with Crippen LogP contribution in [0.25, 0.3) is 10.9 Å². The summed E-state index contributed by atoms with van der Waals surface area (Å²) >= 11 is 2.24. The number of likely N-dealkylation sites (tertiary alicyclic amines) is 1. The van der Waals surface area contributed by atoms with Gasteiger partial charge in [0.25, 0.3) is 5.91 Å². The van der Waals surface area contributed by atoms with Gasteiger partial charge in [0, 0.05) is 22.0 Å². The zero-order valence-electron chi connectivity index (χ0n) is 11.3. The summed E-state index contributed by atoms with van der Waals surface area (Å²) < 4.78 is 1.10. The van der Waals surface area contributed by atoms with Gasteiger partial charge in [-0.2, -0.15) is 5.10 Å². The second-order valence-corrected chi connectivity index (χ2v) is 7.00. The van der Waals surface area contributed by atoms with Gasteiger partial charge >= 0.3 is 0 Å². The Balaban J connectivity index is 1.92. The number of nitrogens with two attached hydrogens (primary N) is 1. The maximum Gasteiger partial charge on any atom is 0.275 e. The monoisotopic (exact) mass is 384 g/mol. The zero-order chi connectivity index (χ0) is 14.3. The van der Waals surface area contributed by atoms with Gasteiger partial charge in [-0.15, -0.1) is 0 Å². The molecule has 3 N–H and O–H groups in total. The quantitative estimate of drug-likeness (QED) is 0.778. The van der Waals surface area contributed by atoms with E-state index in [0.29, 0.717) is 18.8 Å². The standard InChI is InChI=1S/C14H17IN4O/c1-14(7-16)4-5-19(8-14)13(20)12-10-6-9(15)2-3-11(10)17-18-12/h2-3,6H,4-5,7-8,16H2,1H3,(H,17,18). The van der Waals surface area contributed by atoms with E-state index in [-0.39, 0.29) is 11.3 Å². The van der Waals surface area contributed by atoms with Crippen LogP contribution < -0.4 is 5.73 Å². The molecule has 0 radical (unpaired) electrons. The molecule has 1 saturated heterocycles. The molecule has 1 aromatic heterocycles. The number of rotatable bonds is 2. The minimum Gasteiger partial charge on any atom is -0.337 e. The molecule has 2 aromatic rings. The number of fused-ring (bicyclic) bond motifs is 1. The number of amides is 1. The van der Waals surface area contributed by atoms with E-state index < -0.39 is 0 Å². The average molecular weight is 384 g/mol. The van der Waals surface area contributed by atoms with Gasteiger partial charge in [0.05, 0.1) is 5.52 Å². The van der Waals surface area contributed by atoms with E-state index in [1.165, 1.54) is 0 Å². The van der Waals surface area contributed by atoms with Crippen molar-refractivity contribution in [3.8, 4) is 0 Å². The highest BCUT2D eigenvalue weighted by Crippen LogP contribution is 2.30. The maximum atomic E-state index is 12.6. The van der Waals surface area contributed by atoms with E-state index in [1.807, 2.05) is 23.1 Å². The Morgan fingerprint density at radius 2 is 2.40 bits per heavy atom. The van der Waals surface area contributed by atoms with Crippen LogP contribution in [0.3, 0.4) is 0 Å². The summed E-state index contributed by atoms with van der Waals surface area (Å²) in [5.41, 5.74) is 7.25. The molecule has 1 fully saturated rings. The molecule has 0 saturated carbocycles. The number of carbonyl (C=O) groups excluding carboxylic acids is 1. The van der Waals surface area contributed by atoms with E-state index in [9.17, 15) is 4.79 Å². The lowest BCUT2D eigenvalue weighted by Crippen LogP contribution is -2.34. The second-order valence-electron chi connectivity index (χ2n) is 5.75. The molecule has 3 rings (SSSR count). The number of hydrogen-bond acceptors (Lipinski definition) is 3. The second kappa shape index (κ2) is 5.00. The van der Waals surface area contributed by atoms with Crippen molar-refractivity contribution in [2.75, 3.05) is 19.6 Å². The van der Waals surface area contributed by atoms with Crippen LogP contribution in [-0.4, -0.2) is 40.6 Å². The van der Waals surface area contributed by atoms with Gasteiger partial charge in [-0.25, -0.2) is 0 Å². The van der Waals surface area contributed by atoms with E-state index in [4.69, 9.17) is 5.73 Å². The first-order valence-electron chi connectivity index (χ1n) is 6.65. The number of nitrogens with one attached hydrogen (secondary N) is 1. The number of hydrogen-bond donors (Lipinski definition) is 2. The summed E-state index contributed by atoms with van der Waals surface area (Å²) in [7, 11) is 0. The van der Waals surface area contributed by atoms with Crippen LogP contribution in [0.15, 0.2) is 18.2 Å². The summed E-state index contributed by atoms with van der Waals surface area (Å²) in [6.45, 7) is 4.20. The molecule has 0 bridgehead atoms. The highest BCUT2D eigenvalue weighted by Gasteiger charge is 2.36. The van der Waals surface area contributed by atoms with Gasteiger partial charge in [-0.1, -0.05) is 6.92 Å². The maximum absolute atomic E-state index is 12.6. The first-order chi connectivity index (χ1) is 9.52. The number of nitrogens with zero attached hydrogens (tertiary/aromatic N) is 2. The topological polar surface area (TPSA) is 75.0 Å². The molecule has 1 atom stereocenters. The normalized spacial score (nSPS) is 22.6. The van der Waals surface area contributed by atoms with Crippen LogP contribution in [0, 0.1) is 8.99 Å². The van der Waals surface area contributed by atoms with Crippen molar-refractivity contribution in [3.05, 3.63) is 27.5 Å². The number of carbonyl (C=O) groups is 1. The van der Waals surface area contributed by atoms with Gasteiger partial charge < -0.3 is 10.6 Å². The van der Waals surface area contributed by atoms with Gasteiger partial charge in [-0.3, -0.25) is 9.89 Å². The van der Waals surface area contributed by atoms with Crippen LogP contribution in [-0.2, 0) is 0 Å². The Kier molecular flexibility index (Phi) is 3.45. The van der Waals surface area contributed by atoms with Crippen LogP contribution in [0.4, 0.5) is 0 Å². The molecule has 0 spiro atoms. The Morgan fingerprint density at radius 1 is 1.60 bits per heavy atom. The molecule has 2 heterocycles. The van der Waals surface area contributed by atoms with Crippen molar-refractivity contribution in [1.82, 2.24) is 15.1 Å². The van der Waals surface area contributed by atoms with E-state index in [0.717, 1.165) is 27.4 Å². The van der Waals surface area contributed by atoms with Crippen LogP contribution in [0.5, 0.6) is 0 Å². The Labute approximate surface area is 131 Å². The van der Waals surface area contributed by atoms with Crippen molar-refractivity contribution in [3.63, 3.8) is 0 Å². The molecular formula is C14H17IN4O. The third kappa shape index (κ3) is 2.31. The number of aromatic amines is 1. The predicted molar refractivity (Wildman–Crippen MR) is 86.5 cm³/mol. The molecule has 0 aliphatic carbocycles. The van der Waals surface area contributed by atoms with Crippen molar-refractivity contribution in [1.29, 1.82) is 0 Å². The lowest BCUT2D eigenvalue weighted by atomic mass is 9.90. The number of halogens is 1. The molecular weight excluding hydrogens is 367 g/mol. The first kappa shape index (κ1) is 13.8. The molecule has 5 nitrogen and oxygen atoms in total. The molecule has 1 amide bonds. The molecule has 6 heteroatoms. The molecule has 20 heavy (non-hydrogen) atoms. The van der Waals surface area contributed by atoms with Crippen LogP contribution in [0.1, 0.15) is 23.8 Å². The molecule has 1 aliphatic heterocycles. The summed E-state index contributed by atoms with van der Waals surface area (Å²) in [5.74, 6) is -0.00424. The minimum atomic E-state index is -0.00424. The third-order valence-electron chi connectivity index (χ3n) is 4.07. The fraction of sp³-hybridized carbons (Fsp3) is 0.429. The summed E-state index contributed by atoms with van der Waals surface area (Å²) in [6, 6.07) is 5.94. The molecule has 1 aliphatic rings. The van der Waals surface area contributed by atoms with Crippen molar-refractivity contribution >= 4 is 39.4 Å². The van der Waals surface area contributed by atoms with Crippen LogP contribution in [0.2, 0.25) is 0 Å². The number of H-pyrrole nitrogens is 1. The van der Waals surface area contributed by atoms with Crippen molar-refractivity contribution in [2.45, 2.75) is 13.3 Å². The van der Waals surface area contributed by atoms with Crippen LogP contribution >= 0.6 is 22.6 Å². The lowest BCUT2D eigenvalue weighted by molar-refractivity contribution is 0.0773. The summed E-state index contributed by atoms with van der Waals surface area (Å²) in [5, 5.41) is 8.02. The van der Waals surface area contributed by atoms with E-state index >= 15 is 0 Å². The van der Waals surface area contributed by atoms with E-state index in [2.05, 4.69) is 39.7 Å². The summed E-state index contributed by atoms with van der Waals surface area (Å²) in [6.07, 6.45) is 0.954. The highest BCUT2D eigenvalue weighted by molar-refractivity contribution is 14.1. The Bertz CT molecular complexity index is 668. The van der Waals surface area contributed by atoms with Gasteiger partial charge in [-0.05, 0) is 59.2 Å². The van der Waals surface area contributed by atoms with Crippen molar-refractivity contribution in [2.24, 2.45) is 11.1 Å². The summed E-state index contributed by atoms with van der Waals surface area (Å²) in [4.78, 5) is 14.5. The zero-order valence-corrected chi connectivity index (χ0v) is 13.5. The Morgan fingerprint density at radius 3 is 3.10 bits per heavy atom. The lowest BCUT2D eigenvalue weighted by Gasteiger charge is -2.22. The third-order valence-corrected chi connectivity index (χ3v) is 4.74. The number of aromatic nitrogens is 2. The highest BCUT2D eigenvalue weighted by atomic mass is 127. The van der Waals surface area contributed by atoms with Gasteiger partial charge in [0.15, 0.2) is 5.69 Å². The van der Waals surface area contributed by atoms with E-state index in [1.54, 1.807) is 0 Å². The smallest absolute Gasteiger partial charge is 0.275 e. The first-order valence-corrected chi connectivity index (χ1v) is 7.73. The largest absolute Gasteiger partial charge is 0.337 e.